The number of hydrogen-bond acceptors (Lipinski definition) is 4. The van der Waals surface area contributed by atoms with Crippen molar-refractivity contribution >= 4 is 16.0 Å². The first-order chi connectivity index (χ1) is 11.8. The van der Waals surface area contributed by atoms with E-state index in [2.05, 4.69) is 15.2 Å². The van der Waals surface area contributed by atoms with E-state index < -0.39 is 15.8 Å². The van der Waals surface area contributed by atoms with Gasteiger partial charge in [-0.05, 0) is 25.2 Å². The molecule has 1 atom stereocenters. The summed E-state index contributed by atoms with van der Waals surface area (Å²) in [5, 5.41) is 3.31. The highest BCUT2D eigenvalue weighted by Crippen LogP contribution is 2.22. The first kappa shape index (κ1) is 20.3. The van der Waals surface area contributed by atoms with Gasteiger partial charge >= 0.3 is 5.76 Å². The Bertz CT molecular complexity index is 545. The number of ether oxygens (including phenoxy) is 1. The molecule has 146 valence electrons. The minimum atomic E-state index is -4.45. The lowest BCUT2D eigenvalue weighted by molar-refractivity contribution is 0.181. The van der Waals surface area contributed by atoms with Crippen molar-refractivity contribution in [3.05, 3.63) is 0 Å². The van der Waals surface area contributed by atoms with E-state index in [1.54, 1.807) is 7.05 Å². The van der Waals surface area contributed by atoms with Crippen molar-refractivity contribution in [1.29, 1.82) is 0 Å². The van der Waals surface area contributed by atoms with Crippen molar-refractivity contribution < 1.29 is 21.9 Å². The minimum Gasteiger partial charge on any atom is -0.381 e. The number of alkyl halides is 2. The molecule has 0 aromatic heterocycles. The van der Waals surface area contributed by atoms with Gasteiger partial charge in [0.05, 0.1) is 6.61 Å². The van der Waals surface area contributed by atoms with Crippen molar-refractivity contribution in [3.63, 3.8) is 0 Å². The molecule has 0 bridgehead atoms. The molecule has 0 spiro atoms. The van der Waals surface area contributed by atoms with Crippen molar-refractivity contribution in [2.45, 2.75) is 25.0 Å². The maximum Gasteiger partial charge on any atom is 0.350 e. The normalized spacial score (nSPS) is 24.0. The maximum absolute atomic E-state index is 12.6. The van der Waals surface area contributed by atoms with Crippen LogP contribution in [0, 0.1) is 11.8 Å². The predicted octanol–water partition coefficient (Wildman–Crippen LogP) is 0.795. The van der Waals surface area contributed by atoms with Crippen LogP contribution in [0.2, 0.25) is 0 Å². The van der Waals surface area contributed by atoms with Gasteiger partial charge < -0.3 is 15.0 Å². The van der Waals surface area contributed by atoms with Gasteiger partial charge in [0.15, 0.2) is 5.96 Å². The van der Waals surface area contributed by atoms with Gasteiger partial charge in [0, 0.05) is 52.8 Å². The van der Waals surface area contributed by atoms with Crippen LogP contribution in [-0.4, -0.2) is 82.8 Å². The van der Waals surface area contributed by atoms with Crippen LogP contribution >= 0.6 is 0 Å². The van der Waals surface area contributed by atoms with Crippen LogP contribution in [-0.2, 0) is 14.8 Å². The smallest absolute Gasteiger partial charge is 0.350 e. The van der Waals surface area contributed by atoms with E-state index in [0.717, 1.165) is 36.4 Å². The van der Waals surface area contributed by atoms with Gasteiger partial charge in [-0.3, -0.25) is 4.99 Å². The number of guanidine groups is 1. The Hall–Kier alpha value is -1.00. The summed E-state index contributed by atoms with van der Waals surface area (Å²) in [7, 11) is -0.749. The molecule has 0 aliphatic carbocycles. The lowest BCUT2D eigenvalue weighted by atomic mass is 9.98. The maximum atomic E-state index is 12.6. The molecule has 2 rings (SSSR count). The number of nitrogens with zero attached hydrogens (tertiary/aromatic N) is 3. The van der Waals surface area contributed by atoms with Crippen molar-refractivity contribution in [2.75, 3.05) is 53.5 Å². The highest BCUT2D eigenvalue weighted by molar-refractivity contribution is 7.89. The fourth-order valence-corrected chi connectivity index (χ4v) is 4.25. The largest absolute Gasteiger partial charge is 0.381 e. The van der Waals surface area contributed by atoms with Gasteiger partial charge in [-0.2, -0.15) is 13.1 Å². The SMILES string of the molecule is CN=C(NCC1CCN(S(=O)(=O)C(F)F)CC1)N(C)CC1CCOC1. The van der Waals surface area contributed by atoms with Gasteiger partial charge in [-0.25, -0.2) is 8.42 Å². The van der Waals surface area contributed by atoms with Crippen molar-refractivity contribution in [1.82, 2.24) is 14.5 Å². The standard InChI is InChI=1S/C15H28F2N4O3S/c1-18-15(20(2)10-13-5-8-24-11-13)19-9-12-3-6-21(7-4-12)25(22,23)14(16)17/h12-14H,3-11H2,1-2H3,(H,18,19). The lowest BCUT2D eigenvalue weighted by Crippen LogP contribution is -2.46. The van der Waals surface area contributed by atoms with E-state index in [1.807, 2.05) is 7.05 Å². The molecule has 7 nitrogen and oxygen atoms in total. The summed E-state index contributed by atoms with van der Waals surface area (Å²) in [5.74, 6) is -1.81. The Balaban J connectivity index is 1.75. The van der Waals surface area contributed by atoms with Crippen LogP contribution in [0.3, 0.4) is 0 Å². The summed E-state index contributed by atoms with van der Waals surface area (Å²) in [5.41, 5.74) is 0. The number of aliphatic imine (C=N–C) groups is 1. The third-order valence-corrected chi connectivity index (χ3v) is 6.37. The number of nitrogens with one attached hydrogen (secondary N) is 1. The van der Waals surface area contributed by atoms with Gasteiger partial charge in [-0.15, -0.1) is 0 Å². The molecule has 10 heteroatoms. The third kappa shape index (κ3) is 5.49. The second-order valence-electron chi connectivity index (χ2n) is 6.69. The van der Waals surface area contributed by atoms with E-state index >= 15 is 0 Å². The van der Waals surface area contributed by atoms with E-state index in [-0.39, 0.29) is 19.0 Å². The van der Waals surface area contributed by atoms with Crippen LogP contribution in [0.25, 0.3) is 0 Å². The molecule has 0 amide bonds. The zero-order valence-electron chi connectivity index (χ0n) is 14.8. The summed E-state index contributed by atoms with van der Waals surface area (Å²) in [6.45, 7) is 3.40. The van der Waals surface area contributed by atoms with Crippen LogP contribution in [0.4, 0.5) is 8.78 Å². The number of rotatable bonds is 6. The van der Waals surface area contributed by atoms with Gasteiger partial charge in [0.1, 0.15) is 0 Å². The molecule has 2 saturated heterocycles. The molecular formula is C15H28F2N4O3S. The molecule has 2 heterocycles. The Labute approximate surface area is 148 Å². The van der Waals surface area contributed by atoms with Crippen molar-refractivity contribution in [3.8, 4) is 0 Å². The minimum absolute atomic E-state index is 0.146. The topological polar surface area (TPSA) is 74.2 Å². The van der Waals surface area contributed by atoms with Gasteiger partial charge in [0.2, 0.25) is 0 Å². The number of hydrogen-bond donors (Lipinski definition) is 1. The Morgan fingerprint density at radius 3 is 2.52 bits per heavy atom. The molecule has 2 aliphatic heterocycles. The van der Waals surface area contributed by atoms with E-state index in [9.17, 15) is 17.2 Å². The molecule has 0 saturated carbocycles. The molecule has 2 fully saturated rings. The van der Waals surface area contributed by atoms with Crippen molar-refractivity contribution in [2.24, 2.45) is 16.8 Å². The van der Waals surface area contributed by atoms with Crippen LogP contribution in [0.1, 0.15) is 19.3 Å². The van der Waals surface area contributed by atoms with Crippen LogP contribution in [0.15, 0.2) is 4.99 Å². The highest BCUT2D eigenvalue weighted by atomic mass is 32.2. The van der Waals surface area contributed by atoms with Crippen LogP contribution < -0.4 is 5.32 Å². The molecule has 1 N–H and O–H groups in total. The zero-order valence-corrected chi connectivity index (χ0v) is 15.6. The fourth-order valence-electron chi connectivity index (χ4n) is 3.30. The number of sulfonamides is 1. The molecule has 0 aromatic rings. The predicted molar refractivity (Wildman–Crippen MR) is 92.1 cm³/mol. The van der Waals surface area contributed by atoms with E-state index in [1.165, 1.54) is 0 Å². The molecule has 0 radical (unpaired) electrons. The Morgan fingerprint density at radius 1 is 1.32 bits per heavy atom. The molecule has 0 aromatic carbocycles. The Kier molecular flexibility index (Phi) is 7.38. The number of halogens is 2. The monoisotopic (exact) mass is 382 g/mol. The summed E-state index contributed by atoms with van der Waals surface area (Å²) in [6, 6.07) is 0. The summed E-state index contributed by atoms with van der Waals surface area (Å²) in [4.78, 5) is 6.34. The second kappa shape index (κ2) is 9.09. The second-order valence-corrected chi connectivity index (χ2v) is 8.59. The lowest BCUT2D eigenvalue weighted by Gasteiger charge is -2.32. The average molecular weight is 382 g/mol. The highest BCUT2D eigenvalue weighted by Gasteiger charge is 2.34. The summed E-state index contributed by atoms with van der Waals surface area (Å²) >= 11 is 0. The average Bonchev–Trinajstić information content (AvgIpc) is 3.08. The Morgan fingerprint density at radius 2 is 2.00 bits per heavy atom. The summed E-state index contributed by atoms with van der Waals surface area (Å²) in [6.07, 6.45) is 2.19. The molecular weight excluding hydrogens is 354 g/mol. The molecule has 1 unspecified atom stereocenters. The van der Waals surface area contributed by atoms with Crippen LogP contribution in [0.5, 0.6) is 0 Å². The van der Waals surface area contributed by atoms with Gasteiger partial charge in [-0.1, -0.05) is 0 Å². The van der Waals surface area contributed by atoms with E-state index in [0.29, 0.717) is 25.3 Å². The first-order valence-corrected chi connectivity index (χ1v) is 10.1. The van der Waals surface area contributed by atoms with Gasteiger partial charge in [0.25, 0.3) is 10.0 Å². The molecule has 2 aliphatic rings. The third-order valence-electron chi connectivity index (χ3n) is 4.84. The van der Waals surface area contributed by atoms with E-state index in [4.69, 9.17) is 4.74 Å². The zero-order chi connectivity index (χ0) is 18.4. The quantitative estimate of drug-likeness (QED) is 0.543. The summed E-state index contributed by atoms with van der Waals surface area (Å²) < 4.78 is 54.4. The molecule has 25 heavy (non-hydrogen) atoms. The number of piperidine rings is 1. The first-order valence-electron chi connectivity index (χ1n) is 8.61. The fraction of sp³-hybridized carbons (Fsp3) is 0.933.